The number of carbonyl (C=O) groups excluding carboxylic acids is 1. The van der Waals surface area contributed by atoms with Crippen LogP contribution in [0.3, 0.4) is 0 Å². The van der Waals surface area contributed by atoms with E-state index in [1.165, 1.54) is 11.3 Å². The first-order chi connectivity index (χ1) is 9.36. The number of aromatic nitrogens is 1. The molecule has 0 atom stereocenters. The minimum Gasteiger partial charge on any atom is -0.481 e. The molecule has 1 aromatic rings. The molecule has 0 spiro atoms. The standard InChI is InChI=1S/C14H20N2O3S/c1-13(2,11-15-7-8-20-11)16-10(17)9-14(12(18)19)5-3-4-6-14/h7-8H,3-6,9H2,1-2H3,(H,16,17)(H,18,19). The quantitative estimate of drug-likeness (QED) is 0.875. The third-order valence-corrected chi connectivity index (χ3v) is 5.03. The van der Waals surface area contributed by atoms with Gasteiger partial charge in [0, 0.05) is 18.0 Å². The Kier molecular flexibility index (Phi) is 4.13. The molecule has 0 aromatic carbocycles. The number of nitrogens with one attached hydrogen (secondary N) is 1. The van der Waals surface area contributed by atoms with Crippen molar-refractivity contribution in [2.45, 2.75) is 51.5 Å². The van der Waals surface area contributed by atoms with Crippen LogP contribution < -0.4 is 5.32 Å². The molecule has 0 bridgehead atoms. The Morgan fingerprint density at radius 3 is 2.60 bits per heavy atom. The SMILES string of the molecule is CC(C)(NC(=O)CC1(C(=O)O)CCCC1)c1nccs1. The summed E-state index contributed by atoms with van der Waals surface area (Å²) in [5, 5.41) is 15.0. The van der Waals surface area contributed by atoms with E-state index in [4.69, 9.17) is 0 Å². The van der Waals surface area contributed by atoms with Crippen LogP contribution in [0, 0.1) is 5.41 Å². The van der Waals surface area contributed by atoms with Crippen molar-refractivity contribution >= 4 is 23.2 Å². The molecule has 1 aliphatic rings. The molecule has 2 rings (SSSR count). The zero-order chi connectivity index (χ0) is 14.8. The van der Waals surface area contributed by atoms with Crippen molar-refractivity contribution in [3.8, 4) is 0 Å². The van der Waals surface area contributed by atoms with Crippen molar-refractivity contribution in [3.63, 3.8) is 0 Å². The maximum atomic E-state index is 12.2. The first kappa shape index (κ1) is 15.0. The van der Waals surface area contributed by atoms with Gasteiger partial charge in [-0.2, -0.15) is 0 Å². The maximum absolute atomic E-state index is 12.2. The molecule has 6 heteroatoms. The second-order valence-corrected chi connectivity index (χ2v) is 6.87. The van der Waals surface area contributed by atoms with E-state index in [9.17, 15) is 14.7 Å². The van der Waals surface area contributed by atoms with Crippen LogP contribution in [0.15, 0.2) is 11.6 Å². The summed E-state index contributed by atoms with van der Waals surface area (Å²) < 4.78 is 0. The Morgan fingerprint density at radius 2 is 2.10 bits per heavy atom. The predicted molar refractivity (Wildman–Crippen MR) is 76.4 cm³/mol. The van der Waals surface area contributed by atoms with E-state index in [0.29, 0.717) is 12.8 Å². The highest BCUT2D eigenvalue weighted by Crippen LogP contribution is 2.41. The van der Waals surface area contributed by atoms with E-state index in [1.54, 1.807) is 6.20 Å². The molecule has 1 aliphatic carbocycles. The van der Waals surface area contributed by atoms with Gasteiger partial charge in [-0.05, 0) is 26.7 Å². The summed E-state index contributed by atoms with van der Waals surface area (Å²) in [7, 11) is 0. The van der Waals surface area contributed by atoms with Crippen molar-refractivity contribution in [1.29, 1.82) is 0 Å². The number of aliphatic carboxylic acids is 1. The van der Waals surface area contributed by atoms with E-state index < -0.39 is 16.9 Å². The zero-order valence-electron chi connectivity index (χ0n) is 11.8. The number of carboxylic acid groups (broad SMARTS) is 1. The zero-order valence-corrected chi connectivity index (χ0v) is 12.6. The normalized spacial score (nSPS) is 17.9. The maximum Gasteiger partial charge on any atom is 0.310 e. The summed E-state index contributed by atoms with van der Waals surface area (Å²) in [5.74, 6) is -1.06. The first-order valence-electron chi connectivity index (χ1n) is 6.80. The number of rotatable bonds is 5. The molecule has 110 valence electrons. The number of hydrogen-bond donors (Lipinski definition) is 2. The van der Waals surface area contributed by atoms with Crippen LogP contribution in [0.4, 0.5) is 0 Å². The summed E-state index contributed by atoms with van der Waals surface area (Å²) in [6, 6.07) is 0. The van der Waals surface area contributed by atoms with E-state index in [1.807, 2.05) is 19.2 Å². The molecule has 0 unspecified atom stereocenters. The van der Waals surface area contributed by atoms with Crippen molar-refractivity contribution < 1.29 is 14.7 Å². The monoisotopic (exact) mass is 296 g/mol. The number of thiazole rings is 1. The minimum absolute atomic E-state index is 0.0527. The fourth-order valence-corrected chi connectivity index (χ4v) is 3.52. The van der Waals surface area contributed by atoms with Gasteiger partial charge in [0.25, 0.3) is 0 Å². The van der Waals surface area contributed by atoms with Gasteiger partial charge in [-0.1, -0.05) is 12.8 Å². The second-order valence-electron chi connectivity index (χ2n) is 5.98. The fraction of sp³-hybridized carbons (Fsp3) is 0.643. The number of nitrogens with zero attached hydrogens (tertiary/aromatic N) is 1. The average molecular weight is 296 g/mol. The van der Waals surface area contributed by atoms with Crippen LogP contribution >= 0.6 is 11.3 Å². The lowest BCUT2D eigenvalue weighted by molar-refractivity contribution is -0.151. The molecule has 0 saturated heterocycles. The third kappa shape index (κ3) is 3.00. The molecule has 0 radical (unpaired) electrons. The lowest BCUT2D eigenvalue weighted by atomic mass is 9.82. The third-order valence-electron chi connectivity index (χ3n) is 3.93. The Balaban J connectivity index is 2.04. The molecule has 1 heterocycles. The van der Waals surface area contributed by atoms with Crippen LogP contribution in [0.25, 0.3) is 0 Å². The van der Waals surface area contributed by atoms with Gasteiger partial charge in [0.2, 0.25) is 5.91 Å². The molecular formula is C14H20N2O3S. The highest BCUT2D eigenvalue weighted by atomic mass is 32.1. The Morgan fingerprint density at radius 1 is 1.45 bits per heavy atom. The number of hydrogen-bond acceptors (Lipinski definition) is 4. The lowest BCUT2D eigenvalue weighted by Gasteiger charge is -2.28. The summed E-state index contributed by atoms with van der Waals surface area (Å²) >= 11 is 1.48. The van der Waals surface area contributed by atoms with E-state index in [2.05, 4.69) is 10.3 Å². The molecule has 2 N–H and O–H groups in total. The van der Waals surface area contributed by atoms with Crippen LogP contribution in [-0.2, 0) is 15.1 Å². The smallest absolute Gasteiger partial charge is 0.310 e. The van der Waals surface area contributed by atoms with Crippen molar-refractivity contribution in [1.82, 2.24) is 10.3 Å². The van der Waals surface area contributed by atoms with Gasteiger partial charge in [-0.3, -0.25) is 9.59 Å². The lowest BCUT2D eigenvalue weighted by Crippen LogP contribution is -2.44. The van der Waals surface area contributed by atoms with Crippen molar-refractivity contribution in [3.05, 3.63) is 16.6 Å². The largest absolute Gasteiger partial charge is 0.481 e. The highest BCUT2D eigenvalue weighted by Gasteiger charge is 2.43. The van der Waals surface area contributed by atoms with Crippen molar-refractivity contribution in [2.24, 2.45) is 5.41 Å². The Labute approximate surface area is 122 Å². The second kappa shape index (κ2) is 5.52. The van der Waals surface area contributed by atoms with Crippen LogP contribution in [0.5, 0.6) is 0 Å². The first-order valence-corrected chi connectivity index (χ1v) is 7.68. The van der Waals surface area contributed by atoms with Crippen LogP contribution in [0.1, 0.15) is 51.0 Å². The van der Waals surface area contributed by atoms with Crippen molar-refractivity contribution in [2.75, 3.05) is 0 Å². The van der Waals surface area contributed by atoms with E-state index in [-0.39, 0.29) is 12.3 Å². The predicted octanol–water partition coefficient (Wildman–Crippen LogP) is 2.53. The molecule has 0 aliphatic heterocycles. The summed E-state index contributed by atoms with van der Waals surface area (Å²) in [6.07, 6.45) is 4.70. The van der Waals surface area contributed by atoms with Gasteiger partial charge in [-0.25, -0.2) is 4.98 Å². The Hall–Kier alpha value is -1.43. The van der Waals surface area contributed by atoms with E-state index in [0.717, 1.165) is 17.8 Å². The molecule has 20 heavy (non-hydrogen) atoms. The average Bonchev–Trinajstić information content (AvgIpc) is 2.98. The number of carbonyl (C=O) groups is 2. The fourth-order valence-electron chi connectivity index (χ4n) is 2.80. The number of amides is 1. The van der Waals surface area contributed by atoms with Gasteiger partial charge in [0.05, 0.1) is 11.0 Å². The Bertz CT molecular complexity index is 491. The van der Waals surface area contributed by atoms with Gasteiger partial charge < -0.3 is 10.4 Å². The minimum atomic E-state index is -0.872. The number of carboxylic acids is 1. The molecular weight excluding hydrogens is 276 g/mol. The van der Waals surface area contributed by atoms with Gasteiger partial charge in [0.1, 0.15) is 5.01 Å². The molecule has 5 nitrogen and oxygen atoms in total. The topological polar surface area (TPSA) is 79.3 Å². The molecule has 1 saturated carbocycles. The molecule has 1 amide bonds. The van der Waals surface area contributed by atoms with Crippen LogP contribution in [0.2, 0.25) is 0 Å². The van der Waals surface area contributed by atoms with Gasteiger partial charge in [0.15, 0.2) is 0 Å². The van der Waals surface area contributed by atoms with E-state index >= 15 is 0 Å². The molecule has 1 fully saturated rings. The highest BCUT2D eigenvalue weighted by molar-refractivity contribution is 7.09. The summed E-state index contributed by atoms with van der Waals surface area (Å²) in [4.78, 5) is 27.9. The van der Waals surface area contributed by atoms with Crippen LogP contribution in [-0.4, -0.2) is 22.0 Å². The van der Waals surface area contributed by atoms with Gasteiger partial charge in [-0.15, -0.1) is 11.3 Å². The summed E-state index contributed by atoms with van der Waals surface area (Å²) in [6.45, 7) is 3.76. The van der Waals surface area contributed by atoms with Gasteiger partial charge >= 0.3 is 5.97 Å². The summed E-state index contributed by atoms with van der Waals surface area (Å²) in [5.41, 5.74) is -1.44. The molecule has 1 aromatic heterocycles.